The molecule has 0 bridgehead atoms. The molecule has 0 fully saturated rings. The minimum atomic E-state index is -3.83. The first-order chi connectivity index (χ1) is 12.3. The van der Waals surface area contributed by atoms with Crippen molar-refractivity contribution in [1.29, 1.82) is 0 Å². The molecule has 0 aliphatic rings. The molecule has 0 unspecified atom stereocenters. The molecule has 0 spiro atoms. The third-order valence-corrected chi connectivity index (χ3v) is 6.18. The van der Waals surface area contributed by atoms with E-state index in [0.717, 1.165) is 0 Å². The number of rotatable bonds is 6. The molecule has 140 valence electrons. The number of hydrazine groups is 1. The second kappa shape index (κ2) is 8.35. The summed E-state index contributed by atoms with van der Waals surface area (Å²) >= 11 is 6.03. The van der Waals surface area contributed by atoms with Gasteiger partial charge >= 0.3 is 0 Å². The smallest absolute Gasteiger partial charge is 0.286 e. The van der Waals surface area contributed by atoms with E-state index in [9.17, 15) is 18.0 Å². The van der Waals surface area contributed by atoms with Gasteiger partial charge in [0.1, 0.15) is 10.6 Å². The summed E-state index contributed by atoms with van der Waals surface area (Å²) < 4.78 is 26.5. The van der Waals surface area contributed by atoms with Crippen LogP contribution in [0.25, 0.3) is 0 Å². The van der Waals surface area contributed by atoms with Crippen LogP contribution < -0.4 is 10.9 Å². The fraction of sp³-hybridized carbons (Fsp3) is 0.250. The van der Waals surface area contributed by atoms with Gasteiger partial charge in [-0.15, -0.1) is 0 Å². The summed E-state index contributed by atoms with van der Waals surface area (Å²) in [6, 6.07) is 7.07. The number of sulfonamides is 1. The van der Waals surface area contributed by atoms with Crippen molar-refractivity contribution >= 4 is 33.4 Å². The van der Waals surface area contributed by atoms with Gasteiger partial charge in [0.2, 0.25) is 10.0 Å². The lowest BCUT2D eigenvalue weighted by Gasteiger charge is -2.19. The maximum absolute atomic E-state index is 12.6. The van der Waals surface area contributed by atoms with E-state index in [1.807, 2.05) is 0 Å². The number of H-pyrrole nitrogens is 1. The summed E-state index contributed by atoms with van der Waals surface area (Å²) in [5.74, 6) is -1.20. The number of hydrogen-bond acceptors (Lipinski definition) is 4. The number of carbonyl (C=O) groups excluding carboxylic acids is 2. The predicted octanol–water partition coefficient (Wildman–Crippen LogP) is 1.77. The number of nitrogens with zero attached hydrogens (tertiary/aromatic N) is 1. The quantitative estimate of drug-likeness (QED) is 0.644. The Balaban J connectivity index is 2.20. The molecule has 1 aromatic heterocycles. The van der Waals surface area contributed by atoms with Gasteiger partial charge in [0.15, 0.2) is 0 Å². The summed E-state index contributed by atoms with van der Waals surface area (Å²) in [6.45, 7) is 3.97. The van der Waals surface area contributed by atoms with Gasteiger partial charge in [0.05, 0.1) is 5.02 Å². The highest BCUT2D eigenvalue weighted by molar-refractivity contribution is 7.89. The lowest BCUT2D eigenvalue weighted by molar-refractivity contribution is 0.0844. The van der Waals surface area contributed by atoms with Crippen molar-refractivity contribution in [3.8, 4) is 0 Å². The van der Waals surface area contributed by atoms with E-state index in [4.69, 9.17) is 11.6 Å². The first kappa shape index (κ1) is 20.0. The molecule has 3 N–H and O–H groups in total. The second-order valence-corrected chi connectivity index (χ2v) is 7.54. The molecule has 2 rings (SSSR count). The van der Waals surface area contributed by atoms with Crippen molar-refractivity contribution in [2.45, 2.75) is 18.7 Å². The van der Waals surface area contributed by atoms with Gasteiger partial charge in [-0.05, 0) is 30.3 Å². The number of aromatic amines is 1. The molecular weight excluding hydrogens is 380 g/mol. The molecule has 26 heavy (non-hydrogen) atoms. The van der Waals surface area contributed by atoms with E-state index < -0.39 is 21.8 Å². The summed E-state index contributed by atoms with van der Waals surface area (Å²) in [5, 5.41) is 0.0175. The molecule has 0 saturated heterocycles. The van der Waals surface area contributed by atoms with Crippen LogP contribution in [-0.4, -0.2) is 42.6 Å². The van der Waals surface area contributed by atoms with Gasteiger partial charge < -0.3 is 4.98 Å². The summed E-state index contributed by atoms with van der Waals surface area (Å²) in [4.78, 5) is 26.6. The van der Waals surface area contributed by atoms with Crippen molar-refractivity contribution in [1.82, 2.24) is 20.1 Å². The maximum atomic E-state index is 12.6. The lowest BCUT2D eigenvalue weighted by atomic mass is 10.2. The standard InChI is InChI=1S/C16H19ClN4O4S/c1-3-21(4-2)26(24,25)14-10-11(7-8-12(14)17)15(22)19-20-16(23)13-6-5-9-18-13/h5-10,18H,3-4H2,1-2H3,(H,19,22)(H,20,23). The molecule has 0 aliphatic heterocycles. The van der Waals surface area contributed by atoms with Crippen LogP contribution in [0.1, 0.15) is 34.7 Å². The van der Waals surface area contributed by atoms with E-state index in [1.165, 1.54) is 22.5 Å². The highest BCUT2D eigenvalue weighted by Gasteiger charge is 2.25. The highest BCUT2D eigenvalue weighted by atomic mass is 35.5. The van der Waals surface area contributed by atoms with Crippen molar-refractivity contribution in [3.63, 3.8) is 0 Å². The number of nitrogens with one attached hydrogen (secondary N) is 3. The SMILES string of the molecule is CCN(CC)S(=O)(=O)c1cc(C(=O)NNC(=O)c2ccc[nH]2)ccc1Cl. The molecule has 1 aromatic carbocycles. The maximum Gasteiger partial charge on any atom is 0.286 e. The van der Waals surface area contributed by atoms with Crippen LogP contribution >= 0.6 is 11.6 Å². The average Bonchev–Trinajstić information content (AvgIpc) is 3.15. The van der Waals surface area contributed by atoms with Crippen LogP contribution in [0, 0.1) is 0 Å². The molecule has 0 radical (unpaired) electrons. The molecule has 2 aromatic rings. The summed E-state index contributed by atoms with van der Waals surface area (Å²) in [6.07, 6.45) is 1.57. The summed E-state index contributed by atoms with van der Waals surface area (Å²) in [5.41, 5.74) is 4.79. The topological polar surface area (TPSA) is 111 Å². The van der Waals surface area contributed by atoms with Gasteiger partial charge in [0, 0.05) is 24.8 Å². The Morgan fingerprint density at radius 3 is 2.35 bits per heavy atom. The fourth-order valence-electron chi connectivity index (χ4n) is 2.27. The normalized spacial score (nSPS) is 11.4. The van der Waals surface area contributed by atoms with E-state index in [0.29, 0.717) is 0 Å². The van der Waals surface area contributed by atoms with Crippen LogP contribution in [0.5, 0.6) is 0 Å². The molecule has 1 heterocycles. The van der Waals surface area contributed by atoms with Crippen LogP contribution in [0.2, 0.25) is 5.02 Å². The Kier molecular flexibility index (Phi) is 6.41. The molecule has 0 aliphatic carbocycles. The Bertz CT molecular complexity index is 893. The van der Waals surface area contributed by atoms with Crippen molar-refractivity contribution in [2.75, 3.05) is 13.1 Å². The molecular formula is C16H19ClN4O4S. The van der Waals surface area contributed by atoms with Crippen molar-refractivity contribution in [3.05, 3.63) is 52.8 Å². The van der Waals surface area contributed by atoms with E-state index in [2.05, 4.69) is 15.8 Å². The van der Waals surface area contributed by atoms with Crippen LogP contribution in [-0.2, 0) is 10.0 Å². The van der Waals surface area contributed by atoms with Gasteiger partial charge in [0.25, 0.3) is 11.8 Å². The predicted molar refractivity (Wildman–Crippen MR) is 97.3 cm³/mol. The van der Waals surface area contributed by atoms with Gasteiger partial charge in [-0.1, -0.05) is 25.4 Å². The van der Waals surface area contributed by atoms with Crippen LogP contribution in [0.15, 0.2) is 41.4 Å². The monoisotopic (exact) mass is 398 g/mol. The lowest BCUT2D eigenvalue weighted by Crippen LogP contribution is -2.41. The largest absolute Gasteiger partial charge is 0.357 e. The Morgan fingerprint density at radius 2 is 1.77 bits per heavy atom. The number of benzene rings is 1. The number of amides is 2. The molecule has 2 amide bonds. The molecule has 10 heteroatoms. The van der Waals surface area contributed by atoms with Crippen LogP contribution in [0.3, 0.4) is 0 Å². The number of halogens is 1. The van der Waals surface area contributed by atoms with Crippen molar-refractivity contribution < 1.29 is 18.0 Å². The van der Waals surface area contributed by atoms with Crippen LogP contribution in [0.4, 0.5) is 0 Å². The van der Waals surface area contributed by atoms with Crippen molar-refractivity contribution in [2.24, 2.45) is 0 Å². The second-order valence-electron chi connectivity index (χ2n) is 5.23. The van der Waals surface area contributed by atoms with Gasteiger partial charge in [-0.25, -0.2) is 8.42 Å². The molecule has 8 nitrogen and oxygen atoms in total. The minimum Gasteiger partial charge on any atom is -0.357 e. The Hall–Kier alpha value is -2.36. The number of carbonyl (C=O) groups is 2. The highest BCUT2D eigenvalue weighted by Crippen LogP contribution is 2.25. The van der Waals surface area contributed by atoms with Gasteiger partial charge in [-0.3, -0.25) is 20.4 Å². The summed E-state index contributed by atoms with van der Waals surface area (Å²) in [7, 11) is -3.83. The van der Waals surface area contributed by atoms with E-state index in [-0.39, 0.29) is 34.3 Å². The fourth-order valence-corrected chi connectivity index (χ4v) is 4.23. The molecule has 0 saturated carbocycles. The zero-order valence-electron chi connectivity index (χ0n) is 14.2. The first-order valence-electron chi connectivity index (χ1n) is 7.85. The average molecular weight is 399 g/mol. The molecule has 0 atom stereocenters. The van der Waals surface area contributed by atoms with E-state index in [1.54, 1.807) is 32.2 Å². The third-order valence-electron chi connectivity index (χ3n) is 3.65. The zero-order chi connectivity index (χ0) is 19.3. The van der Waals surface area contributed by atoms with E-state index >= 15 is 0 Å². The van der Waals surface area contributed by atoms with Gasteiger partial charge in [-0.2, -0.15) is 4.31 Å². The third kappa shape index (κ3) is 4.24. The number of hydrogen-bond donors (Lipinski definition) is 3. The first-order valence-corrected chi connectivity index (χ1v) is 9.66. The zero-order valence-corrected chi connectivity index (χ0v) is 15.8. The number of aromatic nitrogens is 1. The Labute approximate surface area is 156 Å². The Morgan fingerprint density at radius 1 is 1.12 bits per heavy atom. The minimum absolute atomic E-state index is 0.0175.